The van der Waals surface area contributed by atoms with Crippen LogP contribution >= 0.6 is 27.5 Å². The number of hydrogen-bond acceptors (Lipinski definition) is 3. The van der Waals surface area contributed by atoms with Crippen LogP contribution < -0.4 is 14.8 Å². The molecule has 5 heteroatoms. The second-order valence-corrected chi connectivity index (χ2v) is 6.08. The maximum atomic E-state index is 5.98. The minimum atomic E-state index is 0.440. The average molecular weight is 385 g/mol. The molecule has 0 fully saturated rings. The molecule has 0 aromatic heterocycles. The molecule has 0 spiro atoms. The van der Waals surface area contributed by atoms with E-state index in [0.717, 1.165) is 34.4 Å². The number of hydrogen-bond donors (Lipinski definition) is 1. The largest absolute Gasteiger partial charge is 0.493 e. The van der Waals surface area contributed by atoms with Gasteiger partial charge in [-0.25, -0.2) is 0 Å². The summed E-state index contributed by atoms with van der Waals surface area (Å²) in [5.41, 5.74) is 2.15. The lowest BCUT2D eigenvalue weighted by Gasteiger charge is -2.14. The van der Waals surface area contributed by atoms with E-state index in [9.17, 15) is 0 Å². The summed E-state index contributed by atoms with van der Waals surface area (Å²) in [7, 11) is 1.65. The number of methoxy groups -OCH3 is 1. The van der Waals surface area contributed by atoms with Crippen molar-refractivity contribution in [3.8, 4) is 11.5 Å². The highest BCUT2D eigenvalue weighted by Crippen LogP contribution is 2.34. The average Bonchev–Trinajstić information content (AvgIpc) is 2.52. The summed E-state index contributed by atoms with van der Waals surface area (Å²) in [6.07, 6.45) is 0. The Labute approximate surface area is 144 Å². The van der Waals surface area contributed by atoms with Gasteiger partial charge >= 0.3 is 0 Å². The fourth-order valence-electron chi connectivity index (χ4n) is 2.03. The van der Waals surface area contributed by atoms with E-state index in [4.69, 9.17) is 21.1 Å². The van der Waals surface area contributed by atoms with Crippen molar-refractivity contribution in [2.45, 2.75) is 20.1 Å². The van der Waals surface area contributed by atoms with Crippen molar-refractivity contribution in [1.82, 2.24) is 5.32 Å². The van der Waals surface area contributed by atoms with Gasteiger partial charge in [-0.1, -0.05) is 46.6 Å². The van der Waals surface area contributed by atoms with E-state index in [1.165, 1.54) is 0 Å². The molecule has 0 unspecified atom stereocenters. The molecule has 0 amide bonds. The highest BCUT2D eigenvalue weighted by Gasteiger charge is 2.10. The Bertz CT molecular complexity index is 634. The topological polar surface area (TPSA) is 30.5 Å². The van der Waals surface area contributed by atoms with E-state index in [2.05, 4.69) is 28.2 Å². The maximum Gasteiger partial charge on any atom is 0.162 e. The molecule has 22 heavy (non-hydrogen) atoms. The molecule has 0 radical (unpaired) electrons. The number of benzene rings is 2. The number of nitrogens with one attached hydrogen (secondary N) is 1. The monoisotopic (exact) mass is 383 g/mol. The SMILES string of the molecule is CCNCc1cc(OC)c(OCc2cccc(Cl)c2)cc1Br. The lowest BCUT2D eigenvalue weighted by Crippen LogP contribution is -2.12. The molecule has 2 aromatic rings. The first kappa shape index (κ1) is 17.1. The van der Waals surface area contributed by atoms with Gasteiger partial charge in [0.05, 0.1) is 7.11 Å². The Morgan fingerprint density at radius 2 is 2.00 bits per heavy atom. The Morgan fingerprint density at radius 3 is 2.68 bits per heavy atom. The van der Waals surface area contributed by atoms with Gasteiger partial charge in [-0.2, -0.15) is 0 Å². The molecule has 3 nitrogen and oxygen atoms in total. The normalized spacial score (nSPS) is 10.5. The fraction of sp³-hybridized carbons (Fsp3) is 0.294. The van der Waals surface area contributed by atoms with Crippen LogP contribution in [0.3, 0.4) is 0 Å². The summed E-state index contributed by atoms with van der Waals surface area (Å²) < 4.78 is 12.3. The third kappa shape index (κ3) is 4.63. The van der Waals surface area contributed by atoms with Gasteiger partial charge < -0.3 is 14.8 Å². The quantitative estimate of drug-likeness (QED) is 0.744. The van der Waals surface area contributed by atoms with E-state index in [0.29, 0.717) is 17.4 Å². The highest BCUT2D eigenvalue weighted by atomic mass is 79.9. The Balaban J connectivity index is 2.14. The third-order valence-corrected chi connectivity index (χ3v) is 4.15. The summed E-state index contributed by atoms with van der Waals surface area (Å²) in [6, 6.07) is 11.6. The van der Waals surface area contributed by atoms with Gasteiger partial charge in [0.15, 0.2) is 11.5 Å². The molecular formula is C17H19BrClNO2. The first-order chi connectivity index (χ1) is 10.6. The van der Waals surface area contributed by atoms with Crippen LogP contribution in [0, 0.1) is 0 Å². The Kier molecular flexibility index (Phi) is 6.55. The minimum Gasteiger partial charge on any atom is -0.493 e. The maximum absolute atomic E-state index is 5.98. The summed E-state index contributed by atoms with van der Waals surface area (Å²) in [5, 5.41) is 4.00. The van der Waals surface area contributed by atoms with Crippen LogP contribution in [0.25, 0.3) is 0 Å². The van der Waals surface area contributed by atoms with E-state index >= 15 is 0 Å². The molecule has 118 valence electrons. The molecule has 1 N–H and O–H groups in total. The molecule has 0 saturated carbocycles. The second kappa shape index (κ2) is 8.42. The summed E-state index contributed by atoms with van der Waals surface area (Å²) in [5.74, 6) is 1.42. The zero-order valence-electron chi connectivity index (χ0n) is 12.7. The second-order valence-electron chi connectivity index (χ2n) is 4.79. The number of ether oxygens (including phenoxy) is 2. The van der Waals surface area contributed by atoms with Crippen LogP contribution in [0.4, 0.5) is 0 Å². The molecule has 0 heterocycles. The zero-order chi connectivity index (χ0) is 15.9. The van der Waals surface area contributed by atoms with Crippen molar-refractivity contribution < 1.29 is 9.47 Å². The van der Waals surface area contributed by atoms with Gasteiger partial charge in [0.1, 0.15) is 6.61 Å². The summed E-state index contributed by atoms with van der Waals surface area (Å²) >= 11 is 9.57. The zero-order valence-corrected chi connectivity index (χ0v) is 15.0. The van der Waals surface area contributed by atoms with Crippen molar-refractivity contribution in [2.24, 2.45) is 0 Å². The Hall–Kier alpha value is -1.23. The minimum absolute atomic E-state index is 0.440. The smallest absolute Gasteiger partial charge is 0.162 e. The molecule has 0 aliphatic heterocycles. The van der Waals surface area contributed by atoms with Crippen molar-refractivity contribution in [3.05, 3.63) is 57.0 Å². The first-order valence-electron chi connectivity index (χ1n) is 7.08. The molecule has 0 aliphatic rings. The van der Waals surface area contributed by atoms with E-state index in [1.54, 1.807) is 7.11 Å². The lowest BCUT2D eigenvalue weighted by atomic mass is 10.2. The van der Waals surface area contributed by atoms with Gasteiger partial charge in [-0.05, 0) is 41.9 Å². The first-order valence-corrected chi connectivity index (χ1v) is 8.25. The van der Waals surface area contributed by atoms with Crippen LogP contribution in [0.1, 0.15) is 18.1 Å². The predicted octanol–water partition coefficient (Wildman–Crippen LogP) is 4.80. The van der Waals surface area contributed by atoms with Crippen LogP contribution in [0.2, 0.25) is 5.02 Å². The van der Waals surface area contributed by atoms with Gasteiger partial charge in [0, 0.05) is 16.0 Å². The van der Waals surface area contributed by atoms with Gasteiger partial charge in [-0.3, -0.25) is 0 Å². The van der Waals surface area contributed by atoms with Gasteiger partial charge in [-0.15, -0.1) is 0 Å². The van der Waals surface area contributed by atoms with Crippen molar-refractivity contribution in [2.75, 3.05) is 13.7 Å². The van der Waals surface area contributed by atoms with Crippen molar-refractivity contribution >= 4 is 27.5 Å². The van der Waals surface area contributed by atoms with Crippen molar-refractivity contribution in [3.63, 3.8) is 0 Å². The molecule has 0 saturated heterocycles. The summed E-state index contributed by atoms with van der Waals surface area (Å²) in [4.78, 5) is 0. The van der Waals surface area contributed by atoms with E-state index in [-0.39, 0.29) is 0 Å². The molecule has 2 rings (SSSR count). The van der Waals surface area contributed by atoms with E-state index < -0.39 is 0 Å². The molecule has 0 bridgehead atoms. The van der Waals surface area contributed by atoms with Crippen LogP contribution in [0.5, 0.6) is 11.5 Å². The van der Waals surface area contributed by atoms with Gasteiger partial charge in [0.2, 0.25) is 0 Å². The summed E-state index contributed by atoms with van der Waals surface area (Å²) in [6.45, 7) is 4.22. The third-order valence-electron chi connectivity index (χ3n) is 3.18. The van der Waals surface area contributed by atoms with E-state index in [1.807, 2.05) is 36.4 Å². The lowest BCUT2D eigenvalue weighted by molar-refractivity contribution is 0.284. The Morgan fingerprint density at radius 1 is 1.18 bits per heavy atom. The molecule has 2 aromatic carbocycles. The standard InChI is InChI=1S/C17H19BrClNO2/c1-3-20-10-13-8-16(21-2)17(9-15(13)18)22-11-12-5-4-6-14(19)7-12/h4-9,20H,3,10-11H2,1-2H3. The van der Waals surface area contributed by atoms with Crippen LogP contribution in [-0.2, 0) is 13.2 Å². The predicted molar refractivity (Wildman–Crippen MR) is 93.9 cm³/mol. The fourth-order valence-corrected chi connectivity index (χ4v) is 2.71. The molecule has 0 atom stereocenters. The molecular weight excluding hydrogens is 366 g/mol. The molecule has 0 aliphatic carbocycles. The van der Waals surface area contributed by atoms with Crippen molar-refractivity contribution in [1.29, 1.82) is 0 Å². The van der Waals surface area contributed by atoms with Crippen LogP contribution in [0.15, 0.2) is 40.9 Å². The highest BCUT2D eigenvalue weighted by molar-refractivity contribution is 9.10. The number of rotatable bonds is 7. The number of halogens is 2. The van der Waals surface area contributed by atoms with Gasteiger partial charge in [0.25, 0.3) is 0 Å². The van der Waals surface area contributed by atoms with Crippen LogP contribution in [-0.4, -0.2) is 13.7 Å².